The second-order valence-electron chi connectivity index (χ2n) is 4.65. The Morgan fingerprint density at radius 2 is 2.12 bits per heavy atom. The summed E-state index contributed by atoms with van der Waals surface area (Å²) in [5, 5.41) is 4.82. The van der Waals surface area contributed by atoms with Gasteiger partial charge < -0.3 is 10.2 Å². The number of carbonyl (C=O) groups excluding carboxylic acids is 3. The first-order valence-electron chi connectivity index (χ1n) is 5.37. The minimum atomic E-state index is -0.887. The molecule has 6 heteroatoms. The Labute approximate surface area is 93.4 Å². The van der Waals surface area contributed by atoms with Gasteiger partial charge in [0.15, 0.2) is 0 Å². The van der Waals surface area contributed by atoms with Crippen LogP contribution in [0, 0.1) is 5.92 Å². The van der Waals surface area contributed by atoms with E-state index in [9.17, 15) is 14.4 Å². The predicted octanol–water partition coefficient (Wildman–Crippen LogP) is -0.547. The lowest BCUT2D eigenvalue weighted by atomic mass is 9.99. The van der Waals surface area contributed by atoms with Gasteiger partial charge in [0.2, 0.25) is 5.91 Å². The van der Waals surface area contributed by atoms with E-state index in [1.54, 1.807) is 4.90 Å². The SMILES string of the molecule is CC(C)C(=O)N1CCC2(C1)NC(=O)NC2=O. The molecule has 88 valence electrons. The largest absolute Gasteiger partial charge is 0.339 e. The number of urea groups is 1. The zero-order chi connectivity index (χ0) is 11.9. The maximum atomic E-state index is 11.8. The van der Waals surface area contributed by atoms with Crippen LogP contribution in [0.15, 0.2) is 0 Å². The third kappa shape index (κ3) is 1.54. The van der Waals surface area contributed by atoms with E-state index in [0.29, 0.717) is 13.0 Å². The minimum absolute atomic E-state index is 0.0193. The van der Waals surface area contributed by atoms with Gasteiger partial charge in [-0.3, -0.25) is 14.9 Å². The minimum Gasteiger partial charge on any atom is -0.339 e. The van der Waals surface area contributed by atoms with Gasteiger partial charge in [0.25, 0.3) is 5.91 Å². The van der Waals surface area contributed by atoms with E-state index in [-0.39, 0.29) is 24.3 Å². The first-order valence-corrected chi connectivity index (χ1v) is 5.37. The Bertz CT molecular complexity index is 366. The van der Waals surface area contributed by atoms with Gasteiger partial charge >= 0.3 is 6.03 Å². The van der Waals surface area contributed by atoms with Gasteiger partial charge in [-0.15, -0.1) is 0 Å². The molecule has 2 N–H and O–H groups in total. The molecule has 16 heavy (non-hydrogen) atoms. The summed E-state index contributed by atoms with van der Waals surface area (Å²) in [7, 11) is 0. The normalized spacial score (nSPS) is 28.8. The summed E-state index contributed by atoms with van der Waals surface area (Å²) in [4.78, 5) is 36.1. The number of rotatable bonds is 1. The molecule has 2 aliphatic heterocycles. The van der Waals surface area contributed by atoms with Crippen LogP contribution in [0.4, 0.5) is 4.79 Å². The lowest BCUT2D eigenvalue weighted by Gasteiger charge is -2.22. The van der Waals surface area contributed by atoms with Crippen LogP contribution in [0.1, 0.15) is 20.3 Å². The van der Waals surface area contributed by atoms with E-state index in [0.717, 1.165) is 0 Å². The lowest BCUT2D eigenvalue weighted by molar-refractivity contribution is -0.133. The quantitative estimate of drug-likeness (QED) is 0.588. The Hall–Kier alpha value is -1.59. The Kier molecular flexibility index (Phi) is 2.36. The lowest BCUT2D eigenvalue weighted by Crippen LogP contribution is -2.50. The summed E-state index contributed by atoms with van der Waals surface area (Å²) in [5.74, 6) is -0.391. The highest BCUT2D eigenvalue weighted by Gasteiger charge is 2.51. The molecule has 1 atom stereocenters. The van der Waals surface area contributed by atoms with E-state index >= 15 is 0 Å². The van der Waals surface area contributed by atoms with Gasteiger partial charge in [-0.1, -0.05) is 13.8 Å². The molecule has 0 aromatic carbocycles. The number of nitrogens with zero attached hydrogens (tertiary/aromatic N) is 1. The molecule has 2 fully saturated rings. The molecule has 0 aromatic rings. The van der Waals surface area contributed by atoms with Gasteiger partial charge in [0, 0.05) is 12.5 Å². The van der Waals surface area contributed by atoms with Crippen LogP contribution in [-0.2, 0) is 9.59 Å². The van der Waals surface area contributed by atoms with Crippen molar-refractivity contribution in [1.82, 2.24) is 15.5 Å². The van der Waals surface area contributed by atoms with Gasteiger partial charge in [-0.2, -0.15) is 0 Å². The summed E-state index contributed by atoms with van der Waals surface area (Å²) in [5.41, 5.74) is -0.887. The Morgan fingerprint density at radius 1 is 1.44 bits per heavy atom. The molecule has 0 aliphatic carbocycles. The molecule has 0 bridgehead atoms. The maximum absolute atomic E-state index is 11.8. The van der Waals surface area contributed by atoms with Crippen molar-refractivity contribution in [3.63, 3.8) is 0 Å². The van der Waals surface area contributed by atoms with E-state index in [2.05, 4.69) is 10.6 Å². The zero-order valence-electron chi connectivity index (χ0n) is 9.37. The second-order valence-corrected chi connectivity index (χ2v) is 4.65. The summed E-state index contributed by atoms with van der Waals surface area (Å²) in [6.07, 6.45) is 0.489. The van der Waals surface area contributed by atoms with Gasteiger partial charge in [-0.25, -0.2) is 4.79 Å². The van der Waals surface area contributed by atoms with Crippen LogP contribution in [0.5, 0.6) is 0 Å². The van der Waals surface area contributed by atoms with Crippen molar-refractivity contribution in [2.75, 3.05) is 13.1 Å². The van der Waals surface area contributed by atoms with Crippen LogP contribution in [-0.4, -0.2) is 41.4 Å². The zero-order valence-corrected chi connectivity index (χ0v) is 9.37. The number of nitrogens with one attached hydrogen (secondary N) is 2. The number of hydrogen-bond donors (Lipinski definition) is 2. The summed E-state index contributed by atoms with van der Waals surface area (Å²) >= 11 is 0. The summed E-state index contributed by atoms with van der Waals surface area (Å²) in [6.45, 7) is 4.44. The molecular formula is C10H15N3O3. The Morgan fingerprint density at radius 3 is 2.62 bits per heavy atom. The molecular weight excluding hydrogens is 210 g/mol. The monoisotopic (exact) mass is 225 g/mol. The third-order valence-electron chi connectivity index (χ3n) is 3.09. The highest BCUT2D eigenvalue weighted by Crippen LogP contribution is 2.25. The van der Waals surface area contributed by atoms with Crippen molar-refractivity contribution in [2.24, 2.45) is 5.92 Å². The summed E-state index contributed by atoms with van der Waals surface area (Å²) < 4.78 is 0. The molecule has 0 aromatic heterocycles. The maximum Gasteiger partial charge on any atom is 0.322 e. The predicted molar refractivity (Wildman–Crippen MR) is 55.4 cm³/mol. The highest BCUT2D eigenvalue weighted by molar-refractivity contribution is 6.07. The van der Waals surface area contributed by atoms with Crippen molar-refractivity contribution in [3.8, 4) is 0 Å². The fraction of sp³-hybridized carbons (Fsp3) is 0.700. The average molecular weight is 225 g/mol. The number of likely N-dealkylation sites (tertiary alicyclic amines) is 1. The standard InChI is InChI=1S/C10H15N3O3/c1-6(2)7(14)13-4-3-10(5-13)8(15)11-9(16)12-10/h6H,3-5H2,1-2H3,(H2,11,12,15,16). The topological polar surface area (TPSA) is 78.5 Å². The van der Waals surface area contributed by atoms with Gasteiger partial charge in [0.1, 0.15) is 5.54 Å². The van der Waals surface area contributed by atoms with Gasteiger partial charge in [0.05, 0.1) is 6.54 Å². The van der Waals surface area contributed by atoms with Crippen molar-refractivity contribution < 1.29 is 14.4 Å². The smallest absolute Gasteiger partial charge is 0.322 e. The van der Waals surface area contributed by atoms with E-state index < -0.39 is 11.6 Å². The molecule has 2 rings (SSSR count). The molecule has 2 saturated heterocycles. The molecule has 1 unspecified atom stereocenters. The number of carbonyl (C=O) groups is 3. The van der Waals surface area contributed by atoms with Crippen molar-refractivity contribution in [1.29, 1.82) is 0 Å². The number of hydrogen-bond acceptors (Lipinski definition) is 3. The van der Waals surface area contributed by atoms with Gasteiger partial charge in [-0.05, 0) is 6.42 Å². The van der Waals surface area contributed by atoms with Crippen LogP contribution in [0.25, 0.3) is 0 Å². The fourth-order valence-corrected chi connectivity index (χ4v) is 2.18. The van der Waals surface area contributed by atoms with Crippen LogP contribution in [0.3, 0.4) is 0 Å². The molecule has 4 amide bonds. The van der Waals surface area contributed by atoms with Crippen LogP contribution < -0.4 is 10.6 Å². The first-order chi connectivity index (χ1) is 7.44. The van der Waals surface area contributed by atoms with Crippen LogP contribution in [0.2, 0.25) is 0 Å². The van der Waals surface area contributed by atoms with E-state index in [4.69, 9.17) is 0 Å². The van der Waals surface area contributed by atoms with Crippen LogP contribution >= 0.6 is 0 Å². The second kappa shape index (κ2) is 3.47. The molecule has 2 heterocycles. The van der Waals surface area contributed by atoms with E-state index in [1.165, 1.54) is 0 Å². The Balaban J connectivity index is 2.11. The van der Waals surface area contributed by atoms with E-state index in [1.807, 2.05) is 13.8 Å². The van der Waals surface area contributed by atoms with Crippen molar-refractivity contribution in [2.45, 2.75) is 25.8 Å². The molecule has 0 saturated carbocycles. The molecule has 0 radical (unpaired) electrons. The highest BCUT2D eigenvalue weighted by atomic mass is 16.2. The van der Waals surface area contributed by atoms with Crippen molar-refractivity contribution >= 4 is 17.8 Å². The molecule has 1 spiro atoms. The fourth-order valence-electron chi connectivity index (χ4n) is 2.18. The third-order valence-corrected chi connectivity index (χ3v) is 3.09. The average Bonchev–Trinajstić information content (AvgIpc) is 2.72. The number of amides is 4. The first kappa shape index (κ1) is 10.9. The van der Waals surface area contributed by atoms with Crippen molar-refractivity contribution in [3.05, 3.63) is 0 Å². The number of imide groups is 1. The summed E-state index contributed by atoms with van der Waals surface area (Å²) in [6, 6.07) is -0.469. The molecule has 2 aliphatic rings. The molecule has 6 nitrogen and oxygen atoms in total.